The van der Waals surface area contributed by atoms with Crippen molar-refractivity contribution in [1.29, 1.82) is 0 Å². The molecule has 0 saturated carbocycles. The van der Waals surface area contributed by atoms with Gasteiger partial charge in [-0.25, -0.2) is 0 Å². The molecule has 0 saturated heterocycles. The first-order chi connectivity index (χ1) is 17.2. The first-order valence-corrected chi connectivity index (χ1v) is 12.1. The highest BCUT2D eigenvalue weighted by molar-refractivity contribution is 7.23. The van der Waals surface area contributed by atoms with E-state index in [1.807, 2.05) is 42.5 Å². The van der Waals surface area contributed by atoms with Crippen LogP contribution in [-0.4, -0.2) is 21.3 Å². The van der Waals surface area contributed by atoms with Crippen molar-refractivity contribution in [3.05, 3.63) is 96.6 Å². The van der Waals surface area contributed by atoms with Crippen molar-refractivity contribution < 1.29 is 18.9 Å². The topological polar surface area (TPSA) is 36.9 Å². The van der Waals surface area contributed by atoms with Crippen LogP contribution in [0.4, 0.5) is 0 Å². The summed E-state index contributed by atoms with van der Waals surface area (Å²) < 4.78 is 23.6. The summed E-state index contributed by atoms with van der Waals surface area (Å²) in [6.45, 7) is 0.385. The molecule has 5 heteroatoms. The molecule has 1 heterocycles. The second-order valence-electron chi connectivity index (χ2n) is 8.03. The van der Waals surface area contributed by atoms with Gasteiger partial charge in [-0.05, 0) is 59.7 Å². The van der Waals surface area contributed by atoms with Crippen molar-refractivity contribution in [2.45, 2.75) is 6.61 Å². The van der Waals surface area contributed by atoms with Gasteiger partial charge in [-0.1, -0.05) is 42.5 Å². The van der Waals surface area contributed by atoms with Gasteiger partial charge in [0.1, 0.15) is 29.6 Å². The Bertz CT molecular complexity index is 1450. The number of benzene rings is 4. The van der Waals surface area contributed by atoms with E-state index in [1.165, 1.54) is 20.5 Å². The first kappa shape index (κ1) is 22.8. The lowest BCUT2D eigenvalue weighted by Crippen LogP contribution is -1.99. The van der Waals surface area contributed by atoms with Gasteiger partial charge in [0.2, 0.25) is 0 Å². The molecule has 176 valence electrons. The van der Waals surface area contributed by atoms with E-state index in [2.05, 4.69) is 48.5 Å². The molecule has 4 aromatic carbocycles. The largest absolute Gasteiger partial charge is 0.497 e. The number of thiophene rings is 1. The first-order valence-electron chi connectivity index (χ1n) is 11.3. The monoisotopic (exact) mass is 482 g/mol. The van der Waals surface area contributed by atoms with Crippen LogP contribution in [0.25, 0.3) is 31.7 Å². The van der Waals surface area contributed by atoms with Crippen molar-refractivity contribution in [3.8, 4) is 44.6 Å². The maximum atomic E-state index is 6.09. The Hall–Kier alpha value is -3.96. The summed E-state index contributed by atoms with van der Waals surface area (Å²) >= 11 is 1.80. The van der Waals surface area contributed by atoms with Crippen LogP contribution in [0, 0.1) is 0 Å². The summed E-state index contributed by atoms with van der Waals surface area (Å²) in [6, 6.07) is 30.7. The molecule has 1 aromatic heterocycles. The zero-order valence-corrected chi connectivity index (χ0v) is 20.7. The van der Waals surface area contributed by atoms with E-state index in [9.17, 15) is 0 Å². The average Bonchev–Trinajstić information content (AvgIpc) is 3.31. The molecule has 0 bridgehead atoms. The fourth-order valence-electron chi connectivity index (χ4n) is 4.17. The van der Waals surface area contributed by atoms with E-state index in [0.717, 1.165) is 39.7 Å². The van der Waals surface area contributed by atoms with Crippen molar-refractivity contribution in [3.63, 3.8) is 0 Å². The molecule has 0 fully saturated rings. The third-order valence-electron chi connectivity index (χ3n) is 5.95. The average molecular weight is 483 g/mol. The van der Waals surface area contributed by atoms with Crippen molar-refractivity contribution >= 4 is 21.4 Å². The Labute approximate surface area is 209 Å². The molecule has 0 radical (unpaired) electrons. The predicted octanol–water partition coefficient (Wildman–Crippen LogP) is 7.84. The molecular formula is C30H26O4S. The van der Waals surface area contributed by atoms with Crippen LogP contribution in [0.1, 0.15) is 5.56 Å². The molecule has 0 aliphatic rings. The summed E-state index contributed by atoms with van der Waals surface area (Å²) in [5.41, 5.74) is 4.44. The van der Waals surface area contributed by atoms with Crippen LogP contribution in [0.2, 0.25) is 0 Å². The zero-order valence-electron chi connectivity index (χ0n) is 19.9. The normalized spacial score (nSPS) is 10.8. The zero-order chi connectivity index (χ0) is 24.2. The van der Waals surface area contributed by atoms with E-state index < -0.39 is 0 Å². The second kappa shape index (κ2) is 10.1. The molecule has 0 aliphatic heterocycles. The highest BCUT2D eigenvalue weighted by atomic mass is 32.1. The lowest BCUT2D eigenvalue weighted by atomic mass is 9.98. The minimum Gasteiger partial charge on any atom is -0.497 e. The number of fused-ring (bicyclic) bond motifs is 1. The Morgan fingerprint density at radius 3 is 2.14 bits per heavy atom. The summed E-state index contributed by atoms with van der Waals surface area (Å²) in [4.78, 5) is 1.22. The predicted molar refractivity (Wildman–Crippen MR) is 143 cm³/mol. The van der Waals surface area contributed by atoms with Gasteiger partial charge in [0.15, 0.2) is 0 Å². The van der Waals surface area contributed by atoms with Crippen molar-refractivity contribution in [2.75, 3.05) is 21.3 Å². The van der Waals surface area contributed by atoms with Crippen LogP contribution >= 0.6 is 11.3 Å². The van der Waals surface area contributed by atoms with Gasteiger partial charge in [0.25, 0.3) is 0 Å². The SMILES string of the molecule is COc1cccc(-c2sc3ccccc3c2-c2ccc(OCc3cc(OC)ccc3OC)cc2)c1. The van der Waals surface area contributed by atoms with Gasteiger partial charge in [-0.3, -0.25) is 0 Å². The summed E-state index contributed by atoms with van der Waals surface area (Å²) in [5.74, 6) is 3.19. The molecule has 5 aromatic rings. The van der Waals surface area contributed by atoms with Crippen LogP contribution in [0.3, 0.4) is 0 Å². The summed E-state index contributed by atoms with van der Waals surface area (Å²) in [6.07, 6.45) is 0. The highest BCUT2D eigenvalue weighted by Gasteiger charge is 2.16. The van der Waals surface area contributed by atoms with Gasteiger partial charge in [0.05, 0.1) is 21.3 Å². The molecular weight excluding hydrogens is 456 g/mol. The number of hydrogen-bond donors (Lipinski definition) is 0. The van der Waals surface area contributed by atoms with Gasteiger partial charge in [0, 0.05) is 26.1 Å². The lowest BCUT2D eigenvalue weighted by Gasteiger charge is -2.12. The molecule has 5 rings (SSSR count). The van der Waals surface area contributed by atoms with Crippen LogP contribution in [-0.2, 0) is 6.61 Å². The Kier molecular flexibility index (Phi) is 6.59. The maximum absolute atomic E-state index is 6.09. The van der Waals surface area contributed by atoms with Crippen LogP contribution in [0.15, 0.2) is 91.0 Å². The second-order valence-corrected chi connectivity index (χ2v) is 9.08. The van der Waals surface area contributed by atoms with Crippen LogP contribution in [0.5, 0.6) is 23.0 Å². The number of hydrogen-bond acceptors (Lipinski definition) is 5. The third kappa shape index (κ3) is 4.68. The minimum atomic E-state index is 0.385. The van der Waals surface area contributed by atoms with Crippen molar-refractivity contribution in [2.24, 2.45) is 0 Å². The standard InChI is InChI=1S/C30H26O4S/c1-31-24-8-6-7-21(17-24)30-29(26-9-4-5-10-28(26)35-30)20-11-13-23(14-12-20)34-19-22-18-25(32-2)15-16-27(22)33-3/h4-18H,19H2,1-3H3. The Morgan fingerprint density at radius 2 is 1.37 bits per heavy atom. The summed E-state index contributed by atoms with van der Waals surface area (Å²) in [5, 5.41) is 1.24. The van der Waals surface area contributed by atoms with E-state index in [1.54, 1.807) is 32.7 Å². The highest BCUT2D eigenvalue weighted by Crippen LogP contribution is 2.45. The molecule has 0 unspecified atom stereocenters. The number of methoxy groups -OCH3 is 3. The maximum Gasteiger partial charge on any atom is 0.125 e. The molecule has 0 N–H and O–H groups in total. The molecule has 0 amide bonds. The summed E-state index contributed by atoms with van der Waals surface area (Å²) in [7, 11) is 5.01. The Morgan fingerprint density at radius 1 is 0.629 bits per heavy atom. The molecule has 0 aliphatic carbocycles. The van der Waals surface area contributed by atoms with Gasteiger partial charge in [-0.15, -0.1) is 11.3 Å². The third-order valence-corrected chi connectivity index (χ3v) is 7.17. The van der Waals surface area contributed by atoms with E-state index in [4.69, 9.17) is 18.9 Å². The van der Waals surface area contributed by atoms with Gasteiger partial charge in [-0.2, -0.15) is 0 Å². The van der Waals surface area contributed by atoms with E-state index in [0.29, 0.717) is 6.61 Å². The van der Waals surface area contributed by atoms with Gasteiger partial charge >= 0.3 is 0 Å². The van der Waals surface area contributed by atoms with Crippen LogP contribution < -0.4 is 18.9 Å². The van der Waals surface area contributed by atoms with Crippen molar-refractivity contribution in [1.82, 2.24) is 0 Å². The lowest BCUT2D eigenvalue weighted by molar-refractivity contribution is 0.295. The molecule has 0 atom stereocenters. The van der Waals surface area contributed by atoms with E-state index in [-0.39, 0.29) is 0 Å². The minimum absolute atomic E-state index is 0.385. The molecule has 4 nitrogen and oxygen atoms in total. The molecule has 35 heavy (non-hydrogen) atoms. The fraction of sp³-hybridized carbons (Fsp3) is 0.133. The van der Waals surface area contributed by atoms with Gasteiger partial charge < -0.3 is 18.9 Å². The quantitative estimate of drug-likeness (QED) is 0.226. The number of rotatable bonds is 8. The Balaban J connectivity index is 1.47. The van der Waals surface area contributed by atoms with E-state index >= 15 is 0 Å². The number of ether oxygens (including phenoxy) is 4. The smallest absolute Gasteiger partial charge is 0.125 e. The molecule has 0 spiro atoms. The fourth-order valence-corrected chi connectivity index (χ4v) is 5.39.